The second kappa shape index (κ2) is 9.40. The Labute approximate surface area is 175 Å². The molecule has 3 rings (SSSR count). The third-order valence-corrected chi connectivity index (χ3v) is 5.41. The summed E-state index contributed by atoms with van der Waals surface area (Å²) in [5.74, 6) is -0.163. The number of benzene rings is 2. The minimum atomic E-state index is -0.572. The van der Waals surface area contributed by atoms with Crippen molar-refractivity contribution < 1.29 is 18.7 Å². The number of nitrogens with one attached hydrogen (secondary N) is 1. The molecule has 0 bridgehead atoms. The fraction of sp³-hybridized carbons (Fsp3) is 0.348. The summed E-state index contributed by atoms with van der Waals surface area (Å²) in [5, 5.41) is 11.8. The van der Waals surface area contributed by atoms with Gasteiger partial charge in [-0.25, -0.2) is 9.18 Å². The fourth-order valence-corrected chi connectivity index (χ4v) is 3.59. The molecule has 2 amide bonds. The molecule has 7 heteroatoms. The van der Waals surface area contributed by atoms with Crippen molar-refractivity contribution in [1.82, 2.24) is 10.2 Å². The number of halogens is 1. The van der Waals surface area contributed by atoms with Crippen molar-refractivity contribution in [1.29, 1.82) is 5.26 Å². The molecule has 30 heavy (non-hydrogen) atoms. The number of hydrogen-bond acceptors (Lipinski definition) is 4. The van der Waals surface area contributed by atoms with E-state index in [9.17, 15) is 14.0 Å². The van der Waals surface area contributed by atoms with Gasteiger partial charge in [0.1, 0.15) is 17.6 Å². The van der Waals surface area contributed by atoms with Gasteiger partial charge in [-0.05, 0) is 54.7 Å². The Morgan fingerprint density at radius 3 is 2.53 bits per heavy atom. The van der Waals surface area contributed by atoms with E-state index in [1.807, 2.05) is 6.92 Å². The van der Waals surface area contributed by atoms with Crippen molar-refractivity contribution in [3.8, 4) is 22.9 Å². The summed E-state index contributed by atoms with van der Waals surface area (Å²) in [4.78, 5) is 25.6. The van der Waals surface area contributed by atoms with E-state index in [0.717, 1.165) is 18.4 Å². The third kappa shape index (κ3) is 4.95. The summed E-state index contributed by atoms with van der Waals surface area (Å²) >= 11 is 0. The average molecular weight is 409 g/mol. The van der Waals surface area contributed by atoms with Gasteiger partial charge in [0.25, 0.3) is 0 Å². The zero-order valence-corrected chi connectivity index (χ0v) is 17.0. The van der Waals surface area contributed by atoms with Crippen LogP contribution in [0, 0.1) is 17.1 Å². The highest BCUT2D eigenvalue weighted by atomic mass is 19.1. The normalized spacial score (nSPS) is 17.8. The Hall–Kier alpha value is -3.40. The molecule has 2 atom stereocenters. The zero-order chi connectivity index (χ0) is 21.7. The Bertz CT molecular complexity index is 969. The first-order valence-corrected chi connectivity index (χ1v) is 9.95. The van der Waals surface area contributed by atoms with Crippen molar-refractivity contribution in [2.24, 2.45) is 0 Å². The lowest BCUT2D eigenvalue weighted by molar-refractivity contribution is -0.121. The van der Waals surface area contributed by atoms with Crippen LogP contribution in [0.1, 0.15) is 38.2 Å². The van der Waals surface area contributed by atoms with Gasteiger partial charge in [0, 0.05) is 25.6 Å². The molecule has 1 N–H and O–H groups in total. The summed E-state index contributed by atoms with van der Waals surface area (Å²) in [5.41, 5.74) is 1.38. The number of ether oxygens (including phenoxy) is 1. The van der Waals surface area contributed by atoms with Gasteiger partial charge in [-0.15, -0.1) is 0 Å². The van der Waals surface area contributed by atoms with E-state index in [0.29, 0.717) is 24.2 Å². The summed E-state index contributed by atoms with van der Waals surface area (Å²) in [6.45, 7) is 1.81. The molecule has 0 saturated heterocycles. The van der Waals surface area contributed by atoms with Crippen molar-refractivity contribution >= 4 is 12.0 Å². The highest BCUT2D eigenvalue weighted by molar-refractivity contribution is 5.76. The molecule has 0 spiro atoms. The molecule has 2 aromatic rings. The Morgan fingerprint density at radius 2 is 1.90 bits per heavy atom. The molecule has 2 aromatic carbocycles. The van der Waals surface area contributed by atoms with Crippen LogP contribution in [-0.2, 0) is 4.79 Å². The standard InChI is InChI=1S/C23H24FN3O3/c1-3-22(28)26-18-8-9-19(13-18)27(2)23(29)30-20-10-6-15(7-11-20)16-4-5-17(14-25)21(24)12-16/h4-7,10-12,18-19H,3,8-9,13H2,1-2H3,(H,26,28)/t18-,19+/m0/s1. The van der Waals surface area contributed by atoms with E-state index in [4.69, 9.17) is 10.00 Å². The number of nitriles is 1. The first kappa shape index (κ1) is 21.3. The Kier molecular flexibility index (Phi) is 6.68. The number of amides is 2. The lowest BCUT2D eigenvalue weighted by atomic mass is 10.0. The van der Waals surface area contributed by atoms with Gasteiger partial charge in [0.2, 0.25) is 5.91 Å². The smallest absolute Gasteiger partial charge is 0.410 e. The molecule has 6 nitrogen and oxygen atoms in total. The van der Waals surface area contributed by atoms with E-state index < -0.39 is 11.9 Å². The van der Waals surface area contributed by atoms with E-state index in [-0.39, 0.29) is 23.6 Å². The first-order chi connectivity index (χ1) is 14.4. The average Bonchev–Trinajstić information content (AvgIpc) is 3.21. The number of carbonyl (C=O) groups excluding carboxylic acids is 2. The molecule has 0 heterocycles. The minimum Gasteiger partial charge on any atom is -0.410 e. The fourth-order valence-electron chi connectivity index (χ4n) is 3.59. The molecule has 1 aliphatic rings. The Morgan fingerprint density at radius 1 is 1.20 bits per heavy atom. The van der Waals surface area contributed by atoms with Crippen LogP contribution in [0.3, 0.4) is 0 Å². The first-order valence-electron chi connectivity index (χ1n) is 9.95. The van der Waals surface area contributed by atoms with Crippen molar-refractivity contribution in [3.63, 3.8) is 0 Å². The highest BCUT2D eigenvalue weighted by Gasteiger charge is 2.31. The largest absolute Gasteiger partial charge is 0.415 e. The molecular formula is C23H24FN3O3. The van der Waals surface area contributed by atoms with Crippen molar-refractivity contribution in [2.75, 3.05) is 7.05 Å². The maximum absolute atomic E-state index is 13.8. The molecule has 156 valence electrons. The summed E-state index contributed by atoms with van der Waals surface area (Å²) < 4.78 is 19.3. The van der Waals surface area contributed by atoms with Gasteiger partial charge in [0.15, 0.2) is 0 Å². The van der Waals surface area contributed by atoms with E-state index in [1.165, 1.54) is 12.1 Å². The van der Waals surface area contributed by atoms with Crippen LogP contribution < -0.4 is 10.1 Å². The van der Waals surface area contributed by atoms with Crippen LogP contribution in [0.15, 0.2) is 42.5 Å². The molecule has 0 unspecified atom stereocenters. The molecule has 1 aliphatic carbocycles. The second-order valence-corrected chi connectivity index (χ2v) is 7.39. The summed E-state index contributed by atoms with van der Waals surface area (Å²) in [6, 6.07) is 13.1. The molecule has 1 saturated carbocycles. The molecule has 0 aromatic heterocycles. The van der Waals surface area contributed by atoms with Crippen LogP contribution in [-0.4, -0.2) is 36.0 Å². The van der Waals surface area contributed by atoms with Crippen molar-refractivity contribution in [3.05, 3.63) is 53.8 Å². The number of hydrogen-bond donors (Lipinski definition) is 1. The quantitative estimate of drug-likeness (QED) is 0.801. The van der Waals surface area contributed by atoms with E-state index in [1.54, 1.807) is 48.3 Å². The highest BCUT2D eigenvalue weighted by Crippen LogP contribution is 2.26. The van der Waals surface area contributed by atoms with Crippen LogP contribution in [0.5, 0.6) is 5.75 Å². The second-order valence-electron chi connectivity index (χ2n) is 7.39. The number of rotatable bonds is 5. The van der Waals surface area contributed by atoms with Crippen molar-refractivity contribution in [2.45, 2.75) is 44.7 Å². The van der Waals surface area contributed by atoms with Gasteiger partial charge in [0.05, 0.1) is 5.56 Å². The molecule has 0 radical (unpaired) electrons. The molecule has 0 aliphatic heterocycles. The molecular weight excluding hydrogens is 385 g/mol. The Balaban J connectivity index is 1.59. The molecule has 1 fully saturated rings. The lowest BCUT2D eigenvalue weighted by Crippen LogP contribution is -2.39. The van der Waals surface area contributed by atoms with Crippen LogP contribution in [0.4, 0.5) is 9.18 Å². The van der Waals surface area contributed by atoms with Gasteiger partial charge in [-0.2, -0.15) is 5.26 Å². The predicted molar refractivity (Wildman–Crippen MR) is 110 cm³/mol. The van der Waals surface area contributed by atoms with Crippen LogP contribution >= 0.6 is 0 Å². The van der Waals surface area contributed by atoms with Gasteiger partial charge >= 0.3 is 6.09 Å². The maximum Gasteiger partial charge on any atom is 0.415 e. The monoisotopic (exact) mass is 409 g/mol. The third-order valence-electron chi connectivity index (χ3n) is 5.41. The lowest BCUT2D eigenvalue weighted by Gasteiger charge is -2.24. The van der Waals surface area contributed by atoms with E-state index in [2.05, 4.69) is 5.32 Å². The number of nitrogens with zero attached hydrogens (tertiary/aromatic N) is 2. The van der Waals surface area contributed by atoms with Crippen LogP contribution in [0.25, 0.3) is 11.1 Å². The zero-order valence-electron chi connectivity index (χ0n) is 17.0. The van der Waals surface area contributed by atoms with E-state index >= 15 is 0 Å². The van der Waals surface area contributed by atoms with Gasteiger partial charge in [-0.3, -0.25) is 4.79 Å². The maximum atomic E-state index is 13.8. The predicted octanol–water partition coefficient (Wildman–Crippen LogP) is 4.24. The van der Waals surface area contributed by atoms with Gasteiger partial charge in [-0.1, -0.05) is 25.1 Å². The summed E-state index contributed by atoms with van der Waals surface area (Å²) in [6.07, 6.45) is 2.34. The number of carbonyl (C=O) groups is 2. The topological polar surface area (TPSA) is 82.4 Å². The SMILES string of the molecule is CCC(=O)N[C@H]1CC[C@@H](N(C)C(=O)Oc2ccc(-c3ccc(C#N)c(F)c3)cc2)C1. The summed E-state index contributed by atoms with van der Waals surface area (Å²) in [7, 11) is 1.70. The van der Waals surface area contributed by atoms with Crippen LogP contribution in [0.2, 0.25) is 0 Å². The van der Waals surface area contributed by atoms with Gasteiger partial charge < -0.3 is 15.0 Å². The minimum absolute atomic E-state index is 0.00394.